The van der Waals surface area contributed by atoms with E-state index in [9.17, 15) is 14.4 Å². The molecule has 0 unspecified atom stereocenters. The quantitative estimate of drug-likeness (QED) is 0.521. The second-order valence-electron chi connectivity index (χ2n) is 7.52. The lowest BCUT2D eigenvalue weighted by atomic mass is 10.1. The van der Waals surface area contributed by atoms with Crippen molar-refractivity contribution in [3.8, 4) is 11.3 Å². The Morgan fingerprint density at radius 1 is 1.12 bits per heavy atom. The van der Waals surface area contributed by atoms with Gasteiger partial charge in [-0.25, -0.2) is 14.6 Å². The standard InChI is InChI=1S/C22H23N7O3/c1-13(30)28-12-4-5-16(28)21-27-18(19(20(23)31)29(21)24)14-7-9-15(10-8-14)22(32)26-17-6-2-3-11-25-17/h2-3,6-11,16H,4-5,12,24H2,1H3,(H2,23,31)(H,25,26,32)/t16-/m0/s1. The maximum absolute atomic E-state index is 12.5. The topological polar surface area (TPSA) is 149 Å². The van der Waals surface area contributed by atoms with E-state index in [2.05, 4.69) is 15.3 Å². The number of amides is 3. The van der Waals surface area contributed by atoms with Crippen molar-refractivity contribution in [2.45, 2.75) is 25.8 Å². The van der Waals surface area contributed by atoms with Gasteiger partial charge in [0.1, 0.15) is 11.5 Å². The third-order valence-corrected chi connectivity index (χ3v) is 5.45. The SMILES string of the molecule is CC(=O)N1CCC[C@H]1c1nc(-c2ccc(C(=O)Nc3ccccn3)cc2)c(C(N)=O)n1N. The Kier molecular flexibility index (Phi) is 5.59. The zero-order valence-electron chi connectivity index (χ0n) is 17.5. The van der Waals surface area contributed by atoms with Crippen LogP contribution in [0.5, 0.6) is 0 Å². The number of imidazole rings is 1. The molecule has 10 heteroatoms. The molecule has 1 fully saturated rings. The second kappa shape index (κ2) is 8.50. The Labute approximate surface area is 184 Å². The first-order valence-corrected chi connectivity index (χ1v) is 10.1. The van der Waals surface area contributed by atoms with Gasteiger partial charge in [-0.2, -0.15) is 0 Å². The number of nitrogens with two attached hydrogens (primary N) is 2. The maximum Gasteiger partial charge on any atom is 0.269 e. The molecule has 0 saturated carbocycles. The van der Waals surface area contributed by atoms with E-state index in [0.717, 1.165) is 6.42 Å². The summed E-state index contributed by atoms with van der Waals surface area (Å²) < 4.78 is 1.17. The summed E-state index contributed by atoms with van der Waals surface area (Å²) in [7, 11) is 0. The first-order chi connectivity index (χ1) is 15.4. The zero-order valence-corrected chi connectivity index (χ0v) is 17.5. The van der Waals surface area contributed by atoms with Crippen molar-refractivity contribution in [1.29, 1.82) is 0 Å². The molecule has 1 atom stereocenters. The number of primary amides is 1. The lowest BCUT2D eigenvalue weighted by Crippen LogP contribution is -2.32. The molecule has 164 valence electrons. The number of rotatable bonds is 5. The highest BCUT2D eigenvalue weighted by Crippen LogP contribution is 2.34. The molecule has 1 aliphatic heterocycles. The number of nitrogens with one attached hydrogen (secondary N) is 1. The summed E-state index contributed by atoms with van der Waals surface area (Å²) >= 11 is 0. The van der Waals surface area contributed by atoms with Gasteiger partial charge in [0.05, 0.1) is 6.04 Å². The van der Waals surface area contributed by atoms with Gasteiger partial charge in [0.2, 0.25) is 5.91 Å². The number of carbonyl (C=O) groups excluding carboxylic acids is 3. The fraction of sp³-hybridized carbons (Fsp3) is 0.227. The molecule has 5 N–H and O–H groups in total. The number of nitrogens with zero attached hydrogens (tertiary/aromatic N) is 4. The van der Waals surface area contributed by atoms with Crippen LogP contribution in [0.25, 0.3) is 11.3 Å². The predicted molar refractivity (Wildman–Crippen MR) is 118 cm³/mol. The molecule has 1 saturated heterocycles. The van der Waals surface area contributed by atoms with Crippen LogP contribution in [0, 0.1) is 0 Å². The molecule has 0 bridgehead atoms. The van der Waals surface area contributed by atoms with Crippen molar-refractivity contribution in [1.82, 2.24) is 19.5 Å². The Morgan fingerprint density at radius 3 is 2.50 bits per heavy atom. The highest BCUT2D eigenvalue weighted by atomic mass is 16.2. The van der Waals surface area contributed by atoms with Crippen LogP contribution >= 0.6 is 0 Å². The van der Waals surface area contributed by atoms with Crippen LogP contribution in [0.1, 0.15) is 52.5 Å². The fourth-order valence-electron chi connectivity index (χ4n) is 3.94. The van der Waals surface area contributed by atoms with Crippen molar-refractivity contribution < 1.29 is 14.4 Å². The molecule has 0 radical (unpaired) electrons. The van der Waals surface area contributed by atoms with Crippen molar-refractivity contribution in [2.75, 3.05) is 17.7 Å². The van der Waals surface area contributed by atoms with Gasteiger partial charge in [-0.3, -0.25) is 14.4 Å². The second-order valence-corrected chi connectivity index (χ2v) is 7.52. The number of benzene rings is 1. The Bertz CT molecular complexity index is 1170. The summed E-state index contributed by atoms with van der Waals surface area (Å²) in [6, 6.07) is 11.5. The van der Waals surface area contributed by atoms with Gasteiger partial charge < -0.3 is 21.8 Å². The molecule has 32 heavy (non-hydrogen) atoms. The van der Waals surface area contributed by atoms with E-state index in [1.54, 1.807) is 53.6 Å². The summed E-state index contributed by atoms with van der Waals surface area (Å²) in [4.78, 5) is 47.0. The van der Waals surface area contributed by atoms with E-state index in [-0.39, 0.29) is 23.6 Å². The first-order valence-electron chi connectivity index (χ1n) is 10.1. The van der Waals surface area contributed by atoms with Crippen LogP contribution in [0.3, 0.4) is 0 Å². The number of pyridine rings is 1. The van der Waals surface area contributed by atoms with Crippen molar-refractivity contribution in [3.63, 3.8) is 0 Å². The van der Waals surface area contributed by atoms with E-state index in [0.29, 0.717) is 41.4 Å². The lowest BCUT2D eigenvalue weighted by Gasteiger charge is -2.22. The molecule has 4 rings (SSSR count). The van der Waals surface area contributed by atoms with Crippen LogP contribution in [0.2, 0.25) is 0 Å². The zero-order chi connectivity index (χ0) is 22.8. The van der Waals surface area contributed by atoms with E-state index < -0.39 is 5.91 Å². The first kappa shape index (κ1) is 21.0. The van der Waals surface area contributed by atoms with Gasteiger partial charge in [-0.15, -0.1) is 0 Å². The molecule has 0 aliphatic carbocycles. The van der Waals surface area contributed by atoms with Crippen LogP contribution in [-0.2, 0) is 4.79 Å². The molecular formula is C22H23N7O3. The normalized spacial score (nSPS) is 15.5. The Hall–Kier alpha value is -4.21. The van der Waals surface area contributed by atoms with E-state index >= 15 is 0 Å². The summed E-state index contributed by atoms with van der Waals surface area (Å²) in [6.07, 6.45) is 3.10. The number of hydrogen-bond acceptors (Lipinski definition) is 6. The van der Waals surface area contributed by atoms with E-state index in [1.165, 1.54) is 11.6 Å². The molecule has 3 heterocycles. The predicted octanol–water partition coefficient (Wildman–Crippen LogP) is 1.69. The highest BCUT2D eigenvalue weighted by Gasteiger charge is 2.34. The van der Waals surface area contributed by atoms with Crippen LogP contribution in [0.15, 0.2) is 48.7 Å². The van der Waals surface area contributed by atoms with Gasteiger partial charge in [-0.05, 0) is 37.1 Å². The fourth-order valence-corrected chi connectivity index (χ4v) is 3.94. The molecule has 0 spiro atoms. The number of nitrogen functional groups attached to an aromatic ring is 1. The third-order valence-electron chi connectivity index (χ3n) is 5.45. The molecule has 3 amide bonds. The third kappa shape index (κ3) is 3.89. The average molecular weight is 433 g/mol. The van der Waals surface area contributed by atoms with Gasteiger partial charge in [0.15, 0.2) is 11.5 Å². The average Bonchev–Trinajstić information content (AvgIpc) is 3.39. The maximum atomic E-state index is 12.5. The molecule has 10 nitrogen and oxygen atoms in total. The molecule has 3 aromatic rings. The number of carbonyl (C=O) groups is 3. The van der Waals surface area contributed by atoms with Crippen LogP contribution < -0.4 is 16.9 Å². The number of anilines is 1. The smallest absolute Gasteiger partial charge is 0.269 e. The number of aromatic nitrogens is 3. The molecular weight excluding hydrogens is 410 g/mol. The minimum Gasteiger partial charge on any atom is -0.364 e. The van der Waals surface area contributed by atoms with Gasteiger partial charge in [0, 0.05) is 30.8 Å². The monoisotopic (exact) mass is 433 g/mol. The van der Waals surface area contributed by atoms with Gasteiger partial charge in [0.25, 0.3) is 11.8 Å². The Balaban J connectivity index is 1.65. The molecule has 1 aliphatic rings. The van der Waals surface area contributed by atoms with Gasteiger partial charge in [-0.1, -0.05) is 18.2 Å². The summed E-state index contributed by atoms with van der Waals surface area (Å²) in [5, 5.41) is 2.71. The summed E-state index contributed by atoms with van der Waals surface area (Å²) in [5.41, 5.74) is 6.93. The summed E-state index contributed by atoms with van der Waals surface area (Å²) in [6.45, 7) is 2.10. The summed E-state index contributed by atoms with van der Waals surface area (Å²) in [5.74, 6) is 5.90. The van der Waals surface area contributed by atoms with Crippen LogP contribution in [0.4, 0.5) is 5.82 Å². The van der Waals surface area contributed by atoms with E-state index in [4.69, 9.17) is 11.6 Å². The number of likely N-dealkylation sites (tertiary alicyclic amines) is 1. The largest absolute Gasteiger partial charge is 0.364 e. The van der Waals surface area contributed by atoms with Gasteiger partial charge >= 0.3 is 0 Å². The van der Waals surface area contributed by atoms with Crippen molar-refractivity contribution in [2.24, 2.45) is 5.73 Å². The van der Waals surface area contributed by atoms with Crippen molar-refractivity contribution in [3.05, 3.63) is 65.7 Å². The number of hydrogen-bond donors (Lipinski definition) is 3. The lowest BCUT2D eigenvalue weighted by molar-refractivity contribution is -0.129. The minimum absolute atomic E-state index is 0.0427. The van der Waals surface area contributed by atoms with Crippen LogP contribution in [-0.4, -0.2) is 43.8 Å². The minimum atomic E-state index is -0.731. The highest BCUT2D eigenvalue weighted by molar-refractivity contribution is 6.04. The molecule has 1 aromatic carbocycles. The Morgan fingerprint density at radius 2 is 1.88 bits per heavy atom. The van der Waals surface area contributed by atoms with Crippen molar-refractivity contribution >= 4 is 23.5 Å². The van der Waals surface area contributed by atoms with E-state index in [1.807, 2.05) is 0 Å². The molecule has 2 aromatic heterocycles.